The number of nitro benzene ring substituents is 1. The van der Waals surface area contributed by atoms with Gasteiger partial charge in [0.25, 0.3) is 11.6 Å². The number of carbonyl (C=O) groups excluding carboxylic acids is 1. The Morgan fingerprint density at radius 3 is 2.76 bits per heavy atom. The summed E-state index contributed by atoms with van der Waals surface area (Å²) in [7, 11) is 0. The molecule has 0 aliphatic rings. The number of rotatable bonds is 5. The largest absolute Gasteiger partial charge is 0.484 e. The Labute approximate surface area is 119 Å². The Balaban J connectivity index is 1.92. The maximum atomic E-state index is 11.6. The minimum absolute atomic E-state index is 0.00451. The molecule has 1 heterocycles. The second kappa shape index (κ2) is 6.04. The zero-order chi connectivity index (χ0) is 15.4. The molecule has 2 rings (SSSR count). The van der Waals surface area contributed by atoms with Crippen LogP contribution in [-0.2, 0) is 4.79 Å². The van der Waals surface area contributed by atoms with Crippen LogP contribution in [0.3, 0.4) is 0 Å². The average Bonchev–Trinajstić information content (AvgIpc) is 2.81. The number of hydrogen-bond acceptors (Lipinski definition) is 6. The lowest BCUT2D eigenvalue weighted by atomic mass is 10.2. The van der Waals surface area contributed by atoms with Crippen LogP contribution in [-0.4, -0.2) is 22.6 Å². The van der Waals surface area contributed by atoms with E-state index in [0.29, 0.717) is 22.9 Å². The number of nitrogens with one attached hydrogen (secondary N) is 1. The predicted octanol–water partition coefficient (Wildman–Crippen LogP) is 2.22. The molecule has 0 fully saturated rings. The molecular formula is C13H13N3O5. The number of carbonyl (C=O) groups is 1. The van der Waals surface area contributed by atoms with Gasteiger partial charge in [0.1, 0.15) is 11.5 Å². The molecular weight excluding hydrogens is 278 g/mol. The van der Waals surface area contributed by atoms with E-state index in [9.17, 15) is 14.9 Å². The summed E-state index contributed by atoms with van der Waals surface area (Å²) in [4.78, 5) is 21.8. The molecule has 110 valence electrons. The van der Waals surface area contributed by atoms with Gasteiger partial charge in [0.05, 0.1) is 4.92 Å². The SMILES string of the molecule is Cc1cc(NC(=O)COc2ccc([N+](=O)[O-])c(C)c2)no1. The predicted molar refractivity (Wildman–Crippen MR) is 73.2 cm³/mol. The molecule has 0 saturated carbocycles. The molecule has 0 spiro atoms. The fraction of sp³-hybridized carbons (Fsp3) is 0.231. The van der Waals surface area contributed by atoms with E-state index in [2.05, 4.69) is 10.5 Å². The third kappa shape index (κ3) is 3.78. The average molecular weight is 291 g/mol. The highest BCUT2D eigenvalue weighted by molar-refractivity contribution is 5.90. The van der Waals surface area contributed by atoms with Crippen LogP contribution < -0.4 is 10.1 Å². The van der Waals surface area contributed by atoms with E-state index >= 15 is 0 Å². The Hall–Kier alpha value is -2.90. The van der Waals surface area contributed by atoms with Gasteiger partial charge < -0.3 is 14.6 Å². The molecule has 8 heteroatoms. The number of amides is 1. The molecule has 1 aromatic heterocycles. The van der Waals surface area contributed by atoms with Crippen molar-refractivity contribution in [2.75, 3.05) is 11.9 Å². The number of ether oxygens (including phenoxy) is 1. The number of aryl methyl sites for hydroxylation is 2. The molecule has 0 radical (unpaired) electrons. The van der Waals surface area contributed by atoms with Crippen LogP contribution in [0.4, 0.5) is 11.5 Å². The lowest BCUT2D eigenvalue weighted by Crippen LogP contribution is -2.20. The van der Waals surface area contributed by atoms with Crippen LogP contribution >= 0.6 is 0 Å². The van der Waals surface area contributed by atoms with Gasteiger partial charge >= 0.3 is 0 Å². The first-order valence-electron chi connectivity index (χ1n) is 6.06. The molecule has 1 aromatic carbocycles. The first-order chi connectivity index (χ1) is 9.95. The smallest absolute Gasteiger partial charge is 0.272 e. The van der Waals surface area contributed by atoms with Crippen LogP contribution in [0.5, 0.6) is 5.75 Å². The number of aromatic nitrogens is 1. The van der Waals surface area contributed by atoms with Crippen LogP contribution in [0.2, 0.25) is 0 Å². The minimum Gasteiger partial charge on any atom is -0.484 e. The van der Waals surface area contributed by atoms with Crippen LogP contribution in [0.15, 0.2) is 28.8 Å². The summed E-state index contributed by atoms with van der Waals surface area (Å²) in [6.07, 6.45) is 0. The van der Waals surface area contributed by atoms with E-state index in [-0.39, 0.29) is 12.3 Å². The molecule has 1 N–H and O–H groups in total. The van der Waals surface area contributed by atoms with Gasteiger partial charge in [0, 0.05) is 17.7 Å². The van der Waals surface area contributed by atoms with Crippen molar-refractivity contribution >= 4 is 17.4 Å². The van der Waals surface area contributed by atoms with E-state index in [1.807, 2.05) is 0 Å². The van der Waals surface area contributed by atoms with Gasteiger partial charge in [-0.15, -0.1) is 0 Å². The third-order valence-corrected chi connectivity index (χ3v) is 2.63. The number of benzene rings is 1. The Morgan fingerprint density at radius 2 is 2.19 bits per heavy atom. The quantitative estimate of drug-likeness (QED) is 0.668. The van der Waals surface area contributed by atoms with E-state index in [4.69, 9.17) is 9.26 Å². The van der Waals surface area contributed by atoms with Gasteiger partial charge in [0.2, 0.25) is 0 Å². The van der Waals surface area contributed by atoms with E-state index in [1.165, 1.54) is 18.2 Å². The maximum absolute atomic E-state index is 11.6. The molecule has 0 bridgehead atoms. The van der Waals surface area contributed by atoms with Gasteiger partial charge in [-0.05, 0) is 26.0 Å². The standard InChI is InChI=1S/C13H13N3O5/c1-8-5-10(3-4-11(8)16(18)19)20-7-13(17)14-12-6-9(2)21-15-12/h3-6H,7H2,1-2H3,(H,14,15,17). The second-order valence-electron chi connectivity index (χ2n) is 4.37. The zero-order valence-corrected chi connectivity index (χ0v) is 11.5. The fourth-order valence-corrected chi connectivity index (χ4v) is 1.68. The summed E-state index contributed by atoms with van der Waals surface area (Å²) in [5.41, 5.74) is 0.468. The van der Waals surface area contributed by atoms with Crippen molar-refractivity contribution in [3.05, 3.63) is 45.7 Å². The fourth-order valence-electron chi connectivity index (χ4n) is 1.68. The summed E-state index contributed by atoms with van der Waals surface area (Å²) < 4.78 is 10.1. The van der Waals surface area contributed by atoms with Crippen molar-refractivity contribution < 1.29 is 19.0 Å². The van der Waals surface area contributed by atoms with Crippen molar-refractivity contribution in [2.45, 2.75) is 13.8 Å². The normalized spacial score (nSPS) is 10.2. The van der Waals surface area contributed by atoms with Crippen LogP contribution in [0.1, 0.15) is 11.3 Å². The molecule has 0 aliphatic carbocycles. The van der Waals surface area contributed by atoms with Crippen LogP contribution in [0, 0.1) is 24.0 Å². The monoisotopic (exact) mass is 291 g/mol. The summed E-state index contributed by atoms with van der Waals surface area (Å²) in [6.45, 7) is 3.07. The summed E-state index contributed by atoms with van der Waals surface area (Å²) in [6, 6.07) is 5.86. The molecule has 21 heavy (non-hydrogen) atoms. The number of anilines is 1. The van der Waals surface area contributed by atoms with Gasteiger partial charge in [-0.25, -0.2) is 0 Å². The van der Waals surface area contributed by atoms with Crippen molar-refractivity contribution in [2.24, 2.45) is 0 Å². The van der Waals surface area contributed by atoms with Gasteiger partial charge in [-0.2, -0.15) is 0 Å². The molecule has 0 unspecified atom stereocenters. The van der Waals surface area contributed by atoms with Crippen LogP contribution in [0.25, 0.3) is 0 Å². The molecule has 0 aliphatic heterocycles. The van der Waals surface area contributed by atoms with Gasteiger partial charge in [-0.3, -0.25) is 14.9 Å². The zero-order valence-electron chi connectivity index (χ0n) is 11.5. The topological polar surface area (TPSA) is 108 Å². The molecule has 8 nitrogen and oxygen atoms in total. The lowest BCUT2D eigenvalue weighted by molar-refractivity contribution is -0.385. The highest BCUT2D eigenvalue weighted by Crippen LogP contribution is 2.22. The van der Waals surface area contributed by atoms with Crippen molar-refractivity contribution in [1.29, 1.82) is 0 Å². The maximum Gasteiger partial charge on any atom is 0.272 e. The second-order valence-corrected chi connectivity index (χ2v) is 4.37. The van der Waals surface area contributed by atoms with Gasteiger partial charge in [-0.1, -0.05) is 5.16 Å². The Kier molecular flexibility index (Phi) is 4.17. The van der Waals surface area contributed by atoms with Crippen molar-refractivity contribution in [3.63, 3.8) is 0 Å². The Morgan fingerprint density at radius 1 is 1.43 bits per heavy atom. The highest BCUT2D eigenvalue weighted by Gasteiger charge is 2.12. The summed E-state index contributed by atoms with van der Waals surface area (Å²) in [5, 5.41) is 16.8. The van der Waals surface area contributed by atoms with E-state index in [0.717, 1.165) is 0 Å². The summed E-state index contributed by atoms with van der Waals surface area (Å²) >= 11 is 0. The van der Waals surface area contributed by atoms with E-state index < -0.39 is 10.8 Å². The molecule has 0 saturated heterocycles. The number of nitrogens with zero attached hydrogens (tertiary/aromatic N) is 2. The number of hydrogen-bond donors (Lipinski definition) is 1. The highest BCUT2D eigenvalue weighted by atomic mass is 16.6. The summed E-state index contributed by atoms with van der Waals surface area (Å²) in [5.74, 6) is 0.863. The van der Waals surface area contributed by atoms with Gasteiger partial charge in [0.15, 0.2) is 12.4 Å². The Bertz CT molecular complexity index is 680. The minimum atomic E-state index is -0.473. The molecule has 0 atom stereocenters. The first-order valence-corrected chi connectivity index (χ1v) is 6.06. The van der Waals surface area contributed by atoms with Crippen molar-refractivity contribution in [3.8, 4) is 5.75 Å². The van der Waals surface area contributed by atoms with Crippen molar-refractivity contribution in [1.82, 2.24) is 5.16 Å². The number of nitro groups is 1. The molecule has 1 amide bonds. The molecule has 2 aromatic rings. The van der Waals surface area contributed by atoms with E-state index in [1.54, 1.807) is 19.9 Å². The first kappa shape index (κ1) is 14.5. The third-order valence-electron chi connectivity index (χ3n) is 2.63. The lowest BCUT2D eigenvalue weighted by Gasteiger charge is -2.06.